The minimum Gasteiger partial charge on any atom is -0.332 e. The third kappa shape index (κ3) is 2.77. The van der Waals surface area contributed by atoms with Gasteiger partial charge < -0.3 is 5.32 Å². The molecule has 0 aliphatic carbocycles. The van der Waals surface area contributed by atoms with Crippen molar-refractivity contribution < 1.29 is 8.78 Å². The summed E-state index contributed by atoms with van der Waals surface area (Å²) in [7, 11) is 0. The van der Waals surface area contributed by atoms with Crippen LogP contribution in [0, 0.1) is 18.6 Å². The van der Waals surface area contributed by atoms with Gasteiger partial charge in [0, 0.05) is 11.8 Å². The van der Waals surface area contributed by atoms with E-state index in [0.29, 0.717) is 10.7 Å². The molecule has 1 aliphatic heterocycles. The van der Waals surface area contributed by atoms with Gasteiger partial charge in [0.2, 0.25) is 0 Å². The third-order valence-electron chi connectivity index (χ3n) is 2.46. The van der Waals surface area contributed by atoms with Gasteiger partial charge in [-0.25, -0.2) is 8.78 Å². The highest BCUT2D eigenvalue weighted by Gasteiger charge is 2.25. The summed E-state index contributed by atoms with van der Waals surface area (Å²) in [5.74, 6) is -0.0423. The fourth-order valence-electron chi connectivity index (χ4n) is 1.51. The van der Waals surface area contributed by atoms with Gasteiger partial charge in [0.15, 0.2) is 5.17 Å². The zero-order valence-corrected chi connectivity index (χ0v) is 10.8. The maximum atomic E-state index is 13.6. The van der Waals surface area contributed by atoms with Gasteiger partial charge >= 0.3 is 0 Å². The van der Waals surface area contributed by atoms with Crippen LogP contribution in [-0.4, -0.2) is 16.5 Å². The van der Waals surface area contributed by atoms with Crippen LogP contribution in [0.3, 0.4) is 0 Å². The van der Waals surface area contributed by atoms with Crippen LogP contribution in [0.2, 0.25) is 0 Å². The number of anilines is 1. The summed E-state index contributed by atoms with van der Waals surface area (Å²) < 4.78 is 26.9. The van der Waals surface area contributed by atoms with E-state index in [0.717, 1.165) is 5.75 Å². The van der Waals surface area contributed by atoms with E-state index in [4.69, 9.17) is 0 Å². The highest BCUT2D eigenvalue weighted by atomic mass is 32.2. The molecule has 0 radical (unpaired) electrons. The van der Waals surface area contributed by atoms with Crippen molar-refractivity contribution in [3.63, 3.8) is 0 Å². The largest absolute Gasteiger partial charge is 0.332 e. The molecule has 0 aromatic heterocycles. The Morgan fingerprint density at radius 1 is 1.29 bits per heavy atom. The maximum absolute atomic E-state index is 13.6. The Balaban J connectivity index is 2.23. The first-order valence-electron chi connectivity index (χ1n) is 5.33. The van der Waals surface area contributed by atoms with E-state index in [-0.39, 0.29) is 11.2 Å². The first kappa shape index (κ1) is 12.4. The van der Waals surface area contributed by atoms with Crippen molar-refractivity contribution >= 4 is 22.6 Å². The number of benzene rings is 1. The first-order valence-corrected chi connectivity index (χ1v) is 6.31. The molecule has 5 heteroatoms. The average molecular weight is 256 g/mol. The average Bonchev–Trinajstić information content (AvgIpc) is 2.54. The summed E-state index contributed by atoms with van der Waals surface area (Å²) >= 11 is 1.51. The lowest BCUT2D eigenvalue weighted by atomic mass is 10.1. The van der Waals surface area contributed by atoms with Crippen molar-refractivity contribution in [3.8, 4) is 0 Å². The molecule has 0 fully saturated rings. The van der Waals surface area contributed by atoms with Gasteiger partial charge in [-0.15, -0.1) is 0 Å². The lowest BCUT2D eigenvalue weighted by molar-refractivity contribution is 0.595. The molecule has 92 valence electrons. The van der Waals surface area contributed by atoms with Gasteiger partial charge in [0.1, 0.15) is 11.6 Å². The Kier molecular flexibility index (Phi) is 3.12. The predicted octanol–water partition coefficient (Wildman–Crippen LogP) is 3.57. The SMILES string of the molecule is Cc1cc(F)c(NC2=NC(C)(C)CS2)cc1F. The molecule has 0 unspecified atom stereocenters. The van der Waals surface area contributed by atoms with E-state index >= 15 is 0 Å². The number of hydrogen-bond donors (Lipinski definition) is 1. The second-order valence-corrected chi connectivity index (χ2v) is 5.69. The zero-order valence-electron chi connectivity index (χ0n) is 9.97. The molecule has 17 heavy (non-hydrogen) atoms. The smallest absolute Gasteiger partial charge is 0.161 e. The van der Waals surface area contributed by atoms with Crippen LogP contribution in [0.5, 0.6) is 0 Å². The van der Waals surface area contributed by atoms with Gasteiger partial charge in [-0.2, -0.15) is 0 Å². The number of nitrogens with zero attached hydrogens (tertiary/aromatic N) is 1. The third-order valence-corrected chi connectivity index (χ3v) is 3.77. The number of amidine groups is 1. The van der Waals surface area contributed by atoms with E-state index in [1.165, 1.54) is 30.8 Å². The second-order valence-electron chi connectivity index (χ2n) is 4.72. The quantitative estimate of drug-likeness (QED) is 0.830. The highest BCUT2D eigenvalue weighted by molar-refractivity contribution is 8.14. The van der Waals surface area contributed by atoms with Gasteiger partial charge in [0.25, 0.3) is 0 Å². The molecule has 0 saturated carbocycles. The lowest BCUT2D eigenvalue weighted by Gasteiger charge is -2.10. The Morgan fingerprint density at radius 2 is 2.00 bits per heavy atom. The van der Waals surface area contributed by atoms with Crippen molar-refractivity contribution in [2.24, 2.45) is 4.99 Å². The van der Waals surface area contributed by atoms with Gasteiger partial charge in [0.05, 0.1) is 11.2 Å². The molecular formula is C12H14F2N2S. The van der Waals surface area contributed by atoms with Gasteiger partial charge in [-0.3, -0.25) is 4.99 Å². The summed E-state index contributed by atoms with van der Waals surface area (Å²) in [6.45, 7) is 5.54. The molecule has 0 atom stereocenters. The Labute approximate surface area is 104 Å². The summed E-state index contributed by atoms with van der Waals surface area (Å²) in [6.07, 6.45) is 0. The predicted molar refractivity (Wildman–Crippen MR) is 68.7 cm³/mol. The molecule has 0 amide bonds. The number of rotatable bonds is 1. The van der Waals surface area contributed by atoms with Crippen molar-refractivity contribution in [3.05, 3.63) is 29.3 Å². The Hall–Kier alpha value is -1.10. The van der Waals surface area contributed by atoms with E-state index in [2.05, 4.69) is 10.3 Å². The molecule has 1 aromatic rings. The molecule has 1 heterocycles. The second kappa shape index (κ2) is 4.29. The minimum absolute atomic E-state index is 0.136. The van der Waals surface area contributed by atoms with E-state index in [9.17, 15) is 8.78 Å². The zero-order chi connectivity index (χ0) is 12.6. The monoisotopic (exact) mass is 256 g/mol. The Bertz CT molecular complexity index is 484. The molecule has 2 nitrogen and oxygen atoms in total. The fraction of sp³-hybridized carbons (Fsp3) is 0.417. The van der Waals surface area contributed by atoms with Gasteiger partial charge in [-0.1, -0.05) is 11.8 Å². The maximum Gasteiger partial charge on any atom is 0.161 e. The van der Waals surface area contributed by atoms with Crippen LogP contribution < -0.4 is 5.32 Å². The van der Waals surface area contributed by atoms with Crippen molar-refractivity contribution in [2.45, 2.75) is 26.3 Å². The summed E-state index contributed by atoms with van der Waals surface area (Å²) in [5.41, 5.74) is 0.290. The topological polar surface area (TPSA) is 24.4 Å². The molecule has 1 aliphatic rings. The number of nitrogens with one attached hydrogen (secondary N) is 1. The first-order chi connectivity index (χ1) is 7.87. The molecule has 0 spiro atoms. The van der Waals surface area contributed by atoms with Crippen LogP contribution in [0.25, 0.3) is 0 Å². The van der Waals surface area contributed by atoms with E-state index in [1.807, 2.05) is 13.8 Å². The summed E-state index contributed by atoms with van der Waals surface area (Å²) in [4.78, 5) is 4.39. The van der Waals surface area contributed by atoms with E-state index in [1.54, 1.807) is 0 Å². The molecule has 2 rings (SSSR count). The highest BCUT2D eigenvalue weighted by Crippen LogP contribution is 2.28. The van der Waals surface area contributed by atoms with Crippen molar-refractivity contribution in [1.82, 2.24) is 0 Å². The fourth-order valence-corrected chi connectivity index (χ4v) is 2.55. The molecule has 0 saturated heterocycles. The number of aliphatic imine (C=N–C) groups is 1. The molecular weight excluding hydrogens is 242 g/mol. The lowest BCUT2D eigenvalue weighted by Crippen LogP contribution is -2.15. The standard InChI is InChI=1S/C12H14F2N2S/c1-7-4-9(14)10(5-8(7)13)15-11-16-12(2,3)6-17-11/h4-5H,6H2,1-3H3,(H,15,16). The van der Waals surface area contributed by atoms with Crippen molar-refractivity contribution in [2.75, 3.05) is 11.1 Å². The summed E-state index contributed by atoms with van der Waals surface area (Å²) in [5, 5.41) is 3.47. The number of aryl methyl sites for hydroxylation is 1. The van der Waals surface area contributed by atoms with E-state index < -0.39 is 11.6 Å². The van der Waals surface area contributed by atoms with Crippen LogP contribution in [0.4, 0.5) is 14.5 Å². The number of hydrogen-bond acceptors (Lipinski definition) is 3. The van der Waals surface area contributed by atoms with Crippen molar-refractivity contribution in [1.29, 1.82) is 0 Å². The van der Waals surface area contributed by atoms with Crippen LogP contribution >= 0.6 is 11.8 Å². The summed E-state index contributed by atoms with van der Waals surface area (Å²) in [6, 6.07) is 2.35. The number of halogens is 2. The molecule has 1 aromatic carbocycles. The van der Waals surface area contributed by atoms with Crippen LogP contribution in [-0.2, 0) is 0 Å². The molecule has 1 N–H and O–H groups in total. The Morgan fingerprint density at radius 3 is 2.59 bits per heavy atom. The minimum atomic E-state index is -0.461. The van der Waals surface area contributed by atoms with Crippen LogP contribution in [0.1, 0.15) is 19.4 Å². The van der Waals surface area contributed by atoms with Gasteiger partial charge in [-0.05, 0) is 32.4 Å². The normalized spacial score (nSPS) is 18.1. The van der Waals surface area contributed by atoms with Crippen LogP contribution in [0.15, 0.2) is 17.1 Å². The number of thioether (sulfide) groups is 1. The molecule has 0 bridgehead atoms.